The van der Waals surface area contributed by atoms with Gasteiger partial charge in [-0.2, -0.15) is 15.4 Å². The van der Waals surface area contributed by atoms with Crippen LogP contribution in [0.25, 0.3) is 22.4 Å². The summed E-state index contributed by atoms with van der Waals surface area (Å²) >= 11 is 6.04. The van der Waals surface area contributed by atoms with Gasteiger partial charge in [-0.15, -0.1) is 0 Å². The van der Waals surface area contributed by atoms with E-state index in [1.165, 1.54) is 6.07 Å². The van der Waals surface area contributed by atoms with Gasteiger partial charge in [-0.25, -0.2) is 4.79 Å². The van der Waals surface area contributed by atoms with Gasteiger partial charge in [0, 0.05) is 5.56 Å². The predicted molar refractivity (Wildman–Crippen MR) is 87.7 cm³/mol. The minimum absolute atomic E-state index is 0.0113. The summed E-state index contributed by atoms with van der Waals surface area (Å²) in [5.74, 6) is -1.81. The molecule has 7 nitrogen and oxygen atoms in total. The summed E-state index contributed by atoms with van der Waals surface area (Å²) in [6.07, 6.45) is 0. The van der Waals surface area contributed by atoms with E-state index < -0.39 is 11.9 Å². The van der Waals surface area contributed by atoms with Crippen molar-refractivity contribution in [3.05, 3.63) is 58.7 Å². The zero-order chi connectivity index (χ0) is 17.3. The van der Waals surface area contributed by atoms with Crippen molar-refractivity contribution in [2.24, 2.45) is 5.73 Å². The molecule has 4 N–H and O–H groups in total. The first-order chi connectivity index (χ1) is 11.5. The molecule has 3 rings (SSSR count). The molecule has 0 aliphatic heterocycles. The van der Waals surface area contributed by atoms with E-state index in [1.54, 1.807) is 30.3 Å². The third-order valence-electron chi connectivity index (χ3n) is 3.47. The van der Waals surface area contributed by atoms with Crippen molar-refractivity contribution in [3.8, 4) is 22.4 Å². The second-order valence-electron chi connectivity index (χ2n) is 4.93. The van der Waals surface area contributed by atoms with Gasteiger partial charge >= 0.3 is 5.97 Å². The SMILES string of the molecule is NC(=O)c1n[nH]nc1-c1ccccc1-c1ccc(C(=O)O)c(Cl)c1. The number of hydrogen-bond acceptors (Lipinski definition) is 4. The van der Waals surface area contributed by atoms with Gasteiger partial charge in [0.05, 0.1) is 10.6 Å². The molecule has 0 aliphatic rings. The molecule has 24 heavy (non-hydrogen) atoms. The molecule has 1 amide bonds. The topological polar surface area (TPSA) is 122 Å². The number of aromatic nitrogens is 3. The number of H-pyrrole nitrogens is 1. The number of carboxylic acids is 1. The molecule has 8 heteroatoms. The Morgan fingerprint density at radius 3 is 2.42 bits per heavy atom. The zero-order valence-corrected chi connectivity index (χ0v) is 12.9. The van der Waals surface area contributed by atoms with Crippen molar-refractivity contribution < 1.29 is 14.7 Å². The summed E-state index contributed by atoms with van der Waals surface area (Å²) < 4.78 is 0. The Morgan fingerprint density at radius 2 is 1.79 bits per heavy atom. The number of rotatable bonds is 4. The number of aromatic amines is 1. The Kier molecular flexibility index (Phi) is 4.01. The Balaban J connectivity index is 2.17. The zero-order valence-electron chi connectivity index (χ0n) is 12.2. The maximum Gasteiger partial charge on any atom is 0.337 e. The van der Waals surface area contributed by atoms with Crippen molar-refractivity contribution in [1.29, 1.82) is 0 Å². The molecule has 0 fully saturated rings. The van der Waals surface area contributed by atoms with Gasteiger partial charge in [0.15, 0.2) is 5.69 Å². The molecule has 0 spiro atoms. The van der Waals surface area contributed by atoms with E-state index in [0.29, 0.717) is 22.4 Å². The normalized spacial score (nSPS) is 10.5. The number of carbonyl (C=O) groups excluding carboxylic acids is 1. The second-order valence-corrected chi connectivity index (χ2v) is 5.34. The van der Waals surface area contributed by atoms with Crippen LogP contribution in [0.3, 0.4) is 0 Å². The molecule has 0 unspecified atom stereocenters. The molecule has 120 valence electrons. The molecule has 0 aliphatic carbocycles. The first kappa shape index (κ1) is 15.7. The number of primary amides is 1. The van der Waals surface area contributed by atoms with Crippen molar-refractivity contribution >= 4 is 23.5 Å². The van der Waals surface area contributed by atoms with Crippen LogP contribution >= 0.6 is 11.6 Å². The van der Waals surface area contributed by atoms with Crippen LogP contribution in [0.2, 0.25) is 5.02 Å². The highest BCUT2D eigenvalue weighted by Crippen LogP contribution is 2.34. The average molecular weight is 343 g/mol. The summed E-state index contributed by atoms with van der Waals surface area (Å²) in [5.41, 5.74) is 7.69. The summed E-state index contributed by atoms with van der Waals surface area (Å²) in [4.78, 5) is 22.6. The Morgan fingerprint density at radius 1 is 1.08 bits per heavy atom. The smallest absolute Gasteiger partial charge is 0.337 e. The van der Waals surface area contributed by atoms with E-state index in [9.17, 15) is 9.59 Å². The highest BCUT2D eigenvalue weighted by molar-refractivity contribution is 6.33. The van der Waals surface area contributed by atoms with E-state index in [4.69, 9.17) is 22.4 Å². The van der Waals surface area contributed by atoms with E-state index >= 15 is 0 Å². The van der Waals surface area contributed by atoms with Gasteiger partial charge in [0.25, 0.3) is 5.91 Å². The number of nitrogens with zero attached hydrogens (tertiary/aromatic N) is 2. The van der Waals surface area contributed by atoms with Crippen molar-refractivity contribution in [1.82, 2.24) is 15.4 Å². The Bertz CT molecular complexity index is 952. The number of carbonyl (C=O) groups is 2. The molecule has 2 aromatic carbocycles. The largest absolute Gasteiger partial charge is 0.478 e. The van der Waals surface area contributed by atoms with Crippen LogP contribution in [0.1, 0.15) is 20.8 Å². The number of amides is 1. The van der Waals surface area contributed by atoms with Crippen molar-refractivity contribution in [2.75, 3.05) is 0 Å². The van der Waals surface area contributed by atoms with E-state index in [0.717, 1.165) is 0 Å². The molecule has 0 radical (unpaired) electrons. The lowest BCUT2D eigenvalue weighted by atomic mass is 9.96. The van der Waals surface area contributed by atoms with Gasteiger partial charge < -0.3 is 10.8 Å². The van der Waals surface area contributed by atoms with Gasteiger partial charge in [0.2, 0.25) is 0 Å². The Labute approximate surface area is 141 Å². The van der Waals surface area contributed by atoms with Crippen molar-refractivity contribution in [3.63, 3.8) is 0 Å². The first-order valence-electron chi connectivity index (χ1n) is 6.82. The lowest BCUT2D eigenvalue weighted by Crippen LogP contribution is -2.12. The van der Waals surface area contributed by atoms with Crippen LogP contribution in [0, 0.1) is 0 Å². The molecule has 0 atom stereocenters. The second kappa shape index (κ2) is 6.13. The fourth-order valence-corrected chi connectivity index (χ4v) is 2.65. The first-order valence-corrected chi connectivity index (χ1v) is 7.20. The lowest BCUT2D eigenvalue weighted by molar-refractivity contribution is 0.0697. The van der Waals surface area contributed by atoms with Crippen molar-refractivity contribution in [2.45, 2.75) is 0 Å². The van der Waals surface area contributed by atoms with Gasteiger partial charge in [-0.1, -0.05) is 41.9 Å². The highest BCUT2D eigenvalue weighted by Gasteiger charge is 2.19. The van der Waals surface area contributed by atoms with Crippen LogP contribution in [0.5, 0.6) is 0 Å². The standard InChI is InChI=1S/C16H11ClN4O3/c17-12-7-8(5-6-11(12)16(23)24)9-3-1-2-4-10(9)13-14(15(18)22)20-21-19-13/h1-7H,(H2,18,22)(H,23,24)(H,19,20,21). The summed E-state index contributed by atoms with van der Waals surface area (Å²) in [6.45, 7) is 0. The van der Waals surface area contributed by atoms with Gasteiger partial charge in [0.1, 0.15) is 5.69 Å². The number of benzene rings is 2. The third-order valence-corrected chi connectivity index (χ3v) is 3.79. The molecular weight excluding hydrogens is 332 g/mol. The third kappa shape index (κ3) is 2.72. The number of aromatic carboxylic acids is 1. The van der Waals surface area contributed by atoms with Crippen LogP contribution in [-0.2, 0) is 0 Å². The minimum Gasteiger partial charge on any atom is -0.478 e. The molecule has 1 aromatic heterocycles. The van der Waals surface area contributed by atoms with Crippen LogP contribution < -0.4 is 5.73 Å². The summed E-state index contributed by atoms with van der Waals surface area (Å²) in [5, 5.41) is 19.3. The molecule has 0 saturated carbocycles. The van der Waals surface area contributed by atoms with E-state index in [2.05, 4.69) is 15.4 Å². The monoisotopic (exact) mass is 342 g/mol. The average Bonchev–Trinajstić information content (AvgIpc) is 3.04. The number of hydrogen-bond donors (Lipinski definition) is 3. The van der Waals surface area contributed by atoms with Crippen LogP contribution in [0.4, 0.5) is 0 Å². The minimum atomic E-state index is -1.10. The highest BCUT2D eigenvalue weighted by atomic mass is 35.5. The van der Waals surface area contributed by atoms with Crippen LogP contribution in [0.15, 0.2) is 42.5 Å². The number of nitrogens with two attached hydrogens (primary N) is 1. The van der Waals surface area contributed by atoms with E-state index in [1.807, 2.05) is 6.07 Å². The maximum atomic E-state index is 11.5. The molecule has 1 heterocycles. The molecular formula is C16H11ClN4O3. The summed E-state index contributed by atoms with van der Waals surface area (Å²) in [6, 6.07) is 11.8. The van der Waals surface area contributed by atoms with Crippen LogP contribution in [-0.4, -0.2) is 32.4 Å². The summed E-state index contributed by atoms with van der Waals surface area (Å²) in [7, 11) is 0. The van der Waals surface area contributed by atoms with Gasteiger partial charge in [-0.3, -0.25) is 4.79 Å². The predicted octanol–water partition coefficient (Wildman–Crippen LogP) is 2.59. The molecule has 0 saturated heterocycles. The van der Waals surface area contributed by atoms with E-state index in [-0.39, 0.29) is 16.3 Å². The van der Waals surface area contributed by atoms with Gasteiger partial charge in [-0.05, 0) is 23.3 Å². The quantitative estimate of drug-likeness (QED) is 0.672. The Hall–Kier alpha value is -3.19. The fraction of sp³-hybridized carbons (Fsp3) is 0. The number of halogens is 1. The number of nitrogens with one attached hydrogen (secondary N) is 1. The maximum absolute atomic E-state index is 11.5. The fourth-order valence-electron chi connectivity index (χ4n) is 2.39. The number of carboxylic acid groups (broad SMARTS) is 1. The lowest BCUT2D eigenvalue weighted by Gasteiger charge is -2.09. The molecule has 3 aromatic rings. The molecule has 0 bridgehead atoms.